The minimum Gasteiger partial charge on any atom is -0.521 e. The molecule has 198 valence electrons. The van der Waals surface area contributed by atoms with Gasteiger partial charge in [-0.3, -0.25) is 0 Å². The van der Waals surface area contributed by atoms with Gasteiger partial charge in [-0.25, -0.2) is 0 Å². The molecular formula is C15H27AlO18. The molecule has 34 heavy (non-hydrogen) atoms. The summed E-state index contributed by atoms with van der Waals surface area (Å²) in [5, 5.41) is 104. The molecule has 0 aliphatic heterocycles. The Morgan fingerprint density at radius 1 is 0.471 bits per heavy atom. The summed E-state index contributed by atoms with van der Waals surface area (Å²) in [6, 6.07) is 0. The quantitative estimate of drug-likeness (QED) is 0.0497. The standard InChI is InChI=1S/3C5H10O6.Al/c3*6-3(7)1-2-4(8)11-5(9)10;/h3*3-4,6-8H,1-2H2,(H,9,10);/q;;;+3/p-3. The van der Waals surface area contributed by atoms with Crippen molar-refractivity contribution in [2.45, 2.75) is 76.3 Å². The molecule has 3 unspecified atom stereocenters. The molecule has 9 N–H and O–H groups in total. The zero-order valence-corrected chi connectivity index (χ0v) is 18.6. The van der Waals surface area contributed by atoms with E-state index >= 15 is 0 Å². The van der Waals surface area contributed by atoms with E-state index in [-0.39, 0.29) is 55.9 Å². The van der Waals surface area contributed by atoms with Gasteiger partial charge in [-0.1, -0.05) is 0 Å². The largest absolute Gasteiger partial charge is 3.00 e. The van der Waals surface area contributed by atoms with E-state index in [4.69, 9.17) is 46.0 Å². The van der Waals surface area contributed by atoms with Gasteiger partial charge >= 0.3 is 17.4 Å². The van der Waals surface area contributed by atoms with Crippen LogP contribution in [0.4, 0.5) is 14.4 Å². The van der Waals surface area contributed by atoms with Gasteiger partial charge in [-0.05, 0) is 19.3 Å². The SMILES string of the molecule is O=C([O-])OC(O)CCC(O)O.O=C([O-])OC(O)CCC(O)O.O=C([O-])OC(O)CCC(O)O.[Al+3]. The Morgan fingerprint density at radius 2 is 0.647 bits per heavy atom. The van der Waals surface area contributed by atoms with E-state index in [9.17, 15) is 29.7 Å². The molecule has 0 radical (unpaired) electrons. The van der Waals surface area contributed by atoms with Crippen LogP contribution in [0.2, 0.25) is 0 Å². The van der Waals surface area contributed by atoms with Crippen molar-refractivity contribution < 1.29 is 89.9 Å². The molecule has 0 aliphatic rings. The van der Waals surface area contributed by atoms with Gasteiger partial charge in [-0.2, -0.15) is 0 Å². The van der Waals surface area contributed by atoms with Crippen LogP contribution >= 0.6 is 0 Å². The third-order valence-corrected chi connectivity index (χ3v) is 2.71. The molecule has 0 heterocycles. The zero-order chi connectivity index (χ0) is 26.6. The minimum atomic E-state index is -1.84. The third kappa shape index (κ3) is 40.4. The van der Waals surface area contributed by atoms with Crippen molar-refractivity contribution >= 4 is 35.8 Å². The summed E-state index contributed by atoms with van der Waals surface area (Å²) in [5.74, 6) is 0. The van der Waals surface area contributed by atoms with Gasteiger partial charge in [0.05, 0.1) is 0 Å². The van der Waals surface area contributed by atoms with E-state index in [0.717, 1.165) is 0 Å². The van der Waals surface area contributed by atoms with Crippen molar-refractivity contribution in [3.63, 3.8) is 0 Å². The van der Waals surface area contributed by atoms with Crippen LogP contribution in [0.5, 0.6) is 0 Å². The Kier molecular flexibility index (Phi) is 27.8. The number of carbonyl (C=O) groups is 3. The van der Waals surface area contributed by atoms with Gasteiger partial charge in [0.15, 0.2) is 18.9 Å². The number of ether oxygens (including phenoxy) is 3. The van der Waals surface area contributed by atoms with Crippen LogP contribution in [0.3, 0.4) is 0 Å². The summed E-state index contributed by atoms with van der Waals surface area (Å²) in [5.41, 5.74) is 0. The summed E-state index contributed by atoms with van der Waals surface area (Å²) >= 11 is 0. The first-order chi connectivity index (χ1) is 15.1. The van der Waals surface area contributed by atoms with Crippen LogP contribution < -0.4 is 15.3 Å². The smallest absolute Gasteiger partial charge is 0.521 e. The Balaban J connectivity index is -0.000000196. The Bertz CT molecular complexity index is 444. The molecule has 0 saturated carbocycles. The Hall–Kier alpha value is -2.02. The number of rotatable bonds is 12. The van der Waals surface area contributed by atoms with E-state index in [2.05, 4.69) is 14.2 Å². The van der Waals surface area contributed by atoms with Gasteiger partial charge < -0.3 is 89.9 Å². The summed E-state index contributed by atoms with van der Waals surface area (Å²) in [4.78, 5) is 28.9. The maximum atomic E-state index is 9.64. The van der Waals surface area contributed by atoms with Crippen LogP contribution in [-0.4, -0.2) is 120 Å². The topological polar surface area (TPSA) is 330 Å². The fraction of sp³-hybridized carbons (Fsp3) is 0.800. The van der Waals surface area contributed by atoms with E-state index in [1.165, 1.54) is 0 Å². The molecule has 0 aliphatic carbocycles. The number of aliphatic hydroxyl groups excluding tert-OH is 6. The van der Waals surface area contributed by atoms with E-state index < -0.39 is 56.2 Å². The normalized spacial score (nSPS) is 12.7. The van der Waals surface area contributed by atoms with Gasteiger partial charge in [0, 0.05) is 19.3 Å². The Morgan fingerprint density at radius 3 is 0.765 bits per heavy atom. The van der Waals surface area contributed by atoms with Crippen LogP contribution in [0.1, 0.15) is 38.5 Å². The van der Waals surface area contributed by atoms with Crippen LogP contribution in [0, 0.1) is 0 Å². The maximum absolute atomic E-state index is 9.64. The molecule has 19 heteroatoms. The first kappa shape index (κ1) is 39.2. The molecule has 0 fully saturated rings. The second kappa shape index (κ2) is 24.1. The predicted molar refractivity (Wildman–Crippen MR) is 95.6 cm³/mol. The fourth-order valence-electron chi connectivity index (χ4n) is 1.38. The molecule has 0 rings (SSSR count). The summed E-state index contributed by atoms with van der Waals surface area (Å²) < 4.78 is 11.2. The molecule has 0 bridgehead atoms. The number of hydrogen-bond donors (Lipinski definition) is 9. The van der Waals surface area contributed by atoms with Crippen molar-refractivity contribution in [1.82, 2.24) is 0 Å². The fourth-order valence-corrected chi connectivity index (χ4v) is 1.38. The number of carbonyl (C=O) groups excluding carboxylic acids is 3. The van der Waals surface area contributed by atoms with E-state index in [1.54, 1.807) is 0 Å². The first-order valence-electron chi connectivity index (χ1n) is 8.82. The average molecular weight is 522 g/mol. The molecule has 0 aromatic carbocycles. The van der Waals surface area contributed by atoms with Crippen LogP contribution in [0.15, 0.2) is 0 Å². The second-order valence-electron chi connectivity index (χ2n) is 5.64. The molecular weight excluding hydrogens is 495 g/mol. The molecule has 0 spiro atoms. The van der Waals surface area contributed by atoms with Gasteiger partial charge in [0.2, 0.25) is 0 Å². The number of aliphatic hydroxyl groups is 9. The van der Waals surface area contributed by atoms with Gasteiger partial charge in [0.1, 0.15) is 18.9 Å². The van der Waals surface area contributed by atoms with Crippen molar-refractivity contribution in [3.05, 3.63) is 0 Å². The summed E-state index contributed by atoms with van der Waals surface area (Å²) in [7, 11) is 0. The van der Waals surface area contributed by atoms with E-state index in [0.29, 0.717) is 0 Å². The second-order valence-corrected chi connectivity index (χ2v) is 5.64. The molecule has 0 aromatic rings. The predicted octanol–water partition coefficient (Wildman–Crippen LogP) is -7.11. The summed E-state index contributed by atoms with van der Waals surface area (Å²) in [6.45, 7) is 0. The molecule has 0 aromatic heterocycles. The van der Waals surface area contributed by atoms with Gasteiger partial charge in [0.25, 0.3) is 18.5 Å². The van der Waals surface area contributed by atoms with Crippen LogP contribution in [-0.2, 0) is 14.2 Å². The molecule has 18 nitrogen and oxygen atoms in total. The van der Waals surface area contributed by atoms with E-state index in [1.807, 2.05) is 0 Å². The first-order valence-corrected chi connectivity index (χ1v) is 8.82. The zero-order valence-electron chi connectivity index (χ0n) is 17.5. The molecule has 0 saturated heterocycles. The van der Waals surface area contributed by atoms with Crippen LogP contribution in [0.25, 0.3) is 0 Å². The van der Waals surface area contributed by atoms with Gasteiger partial charge in [-0.15, -0.1) is 0 Å². The van der Waals surface area contributed by atoms with Crippen molar-refractivity contribution in [1.29, 1.82) is 0 Å². The third-order valence-electron chi connectivity index (χ3n) is 2.71. The number of carboxylic acid groups (broad SMARTS) is 3. The Labute approximate surface area is 202 Å². The molecule has 0 amide bonds. The molecule has 3 atom stereocenters. The minimum absolute atomic E-state index is 0. The number of hydrogen-bond acceptors (Lipinski definition) is 18. The van der Waals surface area contributed by atoms with Crippen molar-refractivity contribution in [2.75, 3.05) is 0 Å². The van der Waals surface area contributed by atoms with Crippen molar-refractivity contribution in [3.8, 4) is 0 Å². The maximum Gasteiger partial charge on any atom is 3.00 e. The van der Waals surface area contributed by atoms with Crippen molar-refractivity contribution in [2.24, 2.45) is 0 Å². The summed E-state index contributed by atoms with van der Waals surface area (Å²) in [6.07, 6.45) is -15.9. The monoisotopic (exact) mass is 522 g/mol. The average Bonchev–Trinajstić information content (AvgIpc) is 2.62.